The molecule has 0 spiro atoms. The van der Waals surface area contributed by atoms with Gasteiger partial charge in [0.05, 0.1) is 5.69 Å². The number of aryl methyl sites for hydroxylation is 1. The van der Waals surface area contributed by atoms with Crippen molar-refractivity contribution in [2.75, 3.05) is 29.9 Å². The average molecular weight is 260 g/mol. The van der Waals surface area contributed by atoms with Gasteiger partial charge in [0.15, 0.2) is 0 Å². The molecule has 4 nitrogen and oxygen atoms in total. The van der Waals surface area contributed by atoms with E-state index in [0.29, 0.717) is 0 Å². The van der Waals surface area contributed by atoms with Crippen molar-refractivity contribution in [2.24, 2.45) is 0 Å². The van der Waals surface area contributed by atoms with E-state index in [1.54, 1.807) is 0 Å². The largest absolute Gasteiger partial charge is 0.370 e. The van der Waals surface area contributed by atoms with Crippen LogP contribution in [-0.2, 0) is 12.8 Å². The molecule has 1 aliphatic carbocycles. The van der Waals surface area contributed by atoms with Crippen molar-refractivity contribution in [1.29, 1.82) is 0 Å². The van der Waals surface area contributed by atoms with E-state index in [4.69, 9.17) is 9.97 Å². The summed E-state index contributed by atoms with van der Waals surface area (Å²) < 4.78 is 0. The molecule has 1 aliphatic heterocycles. The van der Waals surface area contributed by atoms with Crippen molar-refractivity contribution < 1.29 is 0 Å². The highest BCUT2D eigenvalue weighted by Gasteiger charge is 2.21. The van der Waals surface area contributed by atoms with E-state index < -0.39 is 0 Å². The molecule has 1 fully saturated rings. The Hall–Kier alpha value is -1.32. The number of hydrogen-bond donors (Lipinski definition) is 1. The third-order valence-electron chi connectivity index (χ3n) is 4.15. The van der Waals surface area contributed by atoms with Crippen LogP contribution in [0.3, 0.4) is 0 Å². The molecule has 0 amide bonds. The number of anilines is 2. The van der Waals surface area contributed by atoms with Gasteiger partial charge in [-0.15, -0.1) is 0 Å². The zero-order chi connectivity index (χ0) is 13.1. The van der Waals surface area contributed by atoms with Gasteiger partial charge in [0.25, 0.3) is 0 Å². The van der Waals surface area contributed by atoms with E-state index in [1.165, 1.54) is 43.4 Å². The van der Waals surface area contributed by atoms with E-state index in [-0.39, 0.29) is 0 Å². The van der Waals surface area contributed by atoms with Gasteiger partial charge in [-0.25, -0.2) is 4.98 Å². The van der Waals surface area contributed by atoms with Crippen LogP contribution in [0, 0.1) is 0 Å². The molecule has 1 saturated heterocycles. The van der Waals surface area contributed by atoms with Crippen molar-refractivity contribution in [3.63, 3.8) is 0 Å². The lowest BCUT2D eigenvalue weighted by molar-refractivity contribution is 0.708. The molecule has 0 saturated carbocycles. The first kappa shape index (κ1) is 12.7. The standard InChI is InChI=1S/C15H24N4/c1-2-16-14-12-8-4-3-5-9-13(12)17-15(18-14)19-10-6-7-11-19/h2-11H2,1H3,(H,16,17,18). The minimum Gasteiger partial charge on any atom is -0.370 e. The minimum absolute atomic E-state index is 0.933. The molecule has 19 heavy (non-hydrogen) atoms. The van der Waals surface area contributed by atoms with Crippen molar-refractivity contribution >= 4 is 11.8 Å². The maximum absolute atomic E-state index is 4.87. The minimum atomic E-state index is 0.933. The van der Waals surface area contributed by atoms with Gasteiger partial charge in [-0.1, -0.05) is 6.42 Å². The Morgan fingerprint density at radius 1 is 1.00 bits per heavy atom. The van der Waals surface area contributed by atoms with Crippen molar-refractivity contribution in [3.8, 4) is 0 Å². The van der Waals surface area contributed by atoms with Crippen LogP contribution < -0.4 is 10.2 Å². The Morgan fingerprint density at radius 3 is 2.58 bits per heavy atom. The Morgan fingerprint density at radius 2 is 1.79 bits per heavy atom. The smallest absolute Gasteiger partial charge is 0.227 e. The van der Waals surface area contributed by atoms with Gasteiger partial charge in [-0.05, 0) is 45.4 Å². The van der Waals surface area contributed by atoms with Crippen LogP contribution >= 0.6 is 0 Å². The first-order valence-corrected chi connectivity index (χ1v) is 7.77. The molecule has 0 atom stereocenters. The molecule has 2 heterocycles. The molecular formula is C15H24N4. The third kappa shape index (κ3) is 2.67. The average Bonchev–Trinajstić information content (AvgIpc) is 2.85. The summed E-state index contributed by atoms with van der Waals surface area (Å²) in [5.74, 6) is 2.05. The van der Waals surface area contributed by atoms with Crippen molar-refractivity contribution in [3.05, 3.63) is 11.3 Å². The summed E-state index contributed by atoms with van der Waals surface area (Å²) in [7, 11) is 0. The highest BCUT2D eigenvalue weighted by molar-refractivity contribution is 5.52. The lowest BCUT2D eigenvalue weighted by Gasteiger charge is -2.19. The predicted octanol–water partition coefficient (Wildman–Crippen LogP) is 2.78. The van der Waals surface area contributed by atoms with Gasteiger partial charge in [0.1, 0.15) is 5.82 Å². The summed E-state index contributed by atoms with van der Waals surface area (Å²) in [5.41, 5.74) is 2.67. The molecule has 1 N–H and O–H groups in total. The summed E-state index contributed by atoms with van der Waals surface area (Å²) >= 11 is 0. The molecule has 4 heteroatoms. The van der Waals surface area contributed by atoms with Crippen molar-refractivity contribution in [1.82, 2.24) is 9.97 Å². The molecule has 1 aromatic heterocycles. The predicted molar refractivity (Wildman–Crippen MR) is 78.9 cm³/mol. The Kier molecular flexibility index (Phi) is 3.85. The zero-order valence-electron chi connectivity index (χ0n) is 11.9. The van der Waals surface area contributed by atoms with Crippen LogP contribution in [0.25, 0.3) is 0 Å². The highest BCUT2D eigenvalue weighted by atomic mass is 15.3. The van der Waals surface area contributed by atoms with Crippen LogP contribution in [0.4, 0.5) is 11.8 Å². The van der Waals surface area contributed by atoms with Gasteiger partial charge >= 0.3 is 0 Å². The summed E-state index contributed by atoms with van der Waals surface area (Å²) in [6, 6.07) is 0. The lowest BCUT2D eigenvalue weighted by atomic mass is 10.1. The maximum atomic E-state index is 4.87. The second kappa shape index (κ2) is 5.76. The summed E-state index contributed by atoms with van der Waals surface area (Å²) in [6.45, 7) is 5.30. The van der Waals surface area contributed by atoms with Crippen LogP contribution in [0.1, 0.15) is 50.3 Å². The molecule has 0 bridgehead atoms. The zero-order valence-corrected chi connectivity index (χ0v) is 11.9. The Bertz CT molecular complexity index is 438. The second-order valence-electron chi connectivity index (χ2n) is 5.58. The topological polar surface area (TPSA) is 41.1 Å². The Balaban J connectivity index is 1.97. The first-order chi connectivity index (χ1) is 9.38. The molecule has 1 aromatic rings. The van der Waals surface area contributed by atoms with Gasteiger partial charge < -0.3 is 10.2 Å². The van der Waals surface area contributed by atoms with E-state index >= 15 is 0 Å². The fourth-order valence-corrected chi connectivity index (χ4v) is 3.13. The van der Waals surface area contributed by atoms with Crippen LogP contribution in [0.2, 0.25) is 0 Å². The van der Waals surface area contributed by atoms with Crippen molar-refractivity contribution in [2.45, 2.75) is 51.9 Å². The Labute approximate surface area is 115 Å². The molecule has 104 valence electrons. The molecule has 0 aromatic carbocycles. The number of nitrogens with zero attached hydrogens (tertiary/aromatic N) is 3. The van der Waals surface area contributed by atoms with Gasteiger partial charge in [0, 0.05) is 25.2 Å². The summed E-state index contributed by atoms with van der Waals surface area (Å²) in [5, 5.41) is 3.45. The lowest BCUT2D eigenvalue weighted by Crippen LogP contribution is -2.22. The third-order valence-corrected chi connectivity index (χ3v) is 4.15. The van der Waals surface area contributed by atoms with Crippen LogP contribution in [0.5, 0.6) is 0 Å². The number of nitrogens with one attached hydrogen (secondary N) is 1. The fourth-order valence-electron chi connectivity index (χ4n) is 3.13. The number of fused-ring (bicyclic) bond motifs is 1. The van der Waals surface area contributed by atoms with E-state index in [0.717, 1.165) is 44.2 Å². The first-order valence-electron chi connectivity index (χ1n) is 7.77. The molecular weight excluding hydrogens is 236 g/mol. The number of rotatable bonds is 3. The maximum Gasteiger partial charge on any atom is 0.227 e. The second-order valence-corrected chi connectivity index (χ2v) is 5.58. The van der Waals surface area contributed by atoms with Gasteiger partial charge in [-0.3, -0.25) is 0 Å². The molecule has 0 unspecified atom stereocenters. The number of aromatic nitrogens is 2. The van der Waals surface area contributed by atoms with E-state index in [9.17, 15) is 0 Å². The van der Waals surface area contributed by atoms with E-state index in [1.807, 2.05) is 0 Å². The molecule has 3 rings (SSSR count). The molecule has 2 aliphatic rings. The summed E-state index contributed by atoms with van der Waals surface area (Å²) in [6.07, 6.45) is 8.68. The van der Waals surface area contributed by atoms with Gasteiger partial charge in [-0.2, -0.15) is 4.98 Å². The van der Waals surface area contributed by atoms with Crippen LogP contribution in [-0.4, -0.2) is 29.6 Å². The fraction of sp³-hybridized carbons (Fsp3) is 0.733. The summed E-state index contributed by atoms with van der Waals surface area (Å²) in [4.78, 5) is 12.0. The molecule has 0 radical (unpaired) electrons. The van der Waals surface area contributed by atoms with Gasteiger partial charge in [0.2, 0.25) is 5.95 Å². The normalized spacial score (nSPS) is 19.1. The monoisotopic (exact) mass is 260 g/mol. The van der Waals surface area contributed by atoms with E-state index in [2.05, 4.69) is 17.1 Å². The van der Waals surface area contributed by atoms with Crippen LogP contribution in [0.15, 0.2) is 0 Å². The quantitative estimate of drug-likeness (QED) is 0.849. The number of hydrogen-bond acceptors (Lipinski definition) is 4. The highest BCUT2D eigenvalue weighted by Crippen LogP contribution is 2.28. The SMILES string of the molecule is CCNc1nc(N2CCCC2)nc2c1CCCCC2.